The molecule has 4 aromatic rings. The van der Waals surface area contributed by atoms with Crippen LogP contribution in [0.15, 0.2) is 63.7 Å². The van der Waals surface area contributed by atoms with Crippen molar-refractivity contribution < 1.29 is 0 Å². The molecule has 2 aromatic carbocycles. The van der Waals surface area contributed by atoms with Crippen LogP contribution in [0.5, 0.6) is 0 Å². The van der Waals surface area contributed by atoms with Crippen LogP contribution >= 0.6 is 11.3 Å². The predicted octanol–water partition coefficient (Wildman–Crippen LogP) is 5.27. The molecule has 0 saturated carbocycles. The molecule has 0 N–H and O–H groups in total. The Bertz CT molecular complexity index is 1350. The van der Waals surface area contributed by atoms with E-state index in [-0.39, 0.29) is 5.56 Å². The van der Waals surface area contributed by atoms with E-state index in [0.717, 1.165) is 34.8 Å². The Labute approximate surface area is 186 Å². The molecule has 31 heavy (non-hydrogen) atoms. The predicted molar refractivity (Wildman–Crippen MR) is 128 cm³/mol. The molecule has 0 saturated heterocycles. The Kier molecular flexibility index (Phi) is 5.83. The summed E-state index contributed by atoms with van der Waals surface area (Å²) < 4.78 is 5.78. The summed E-state index contributed by atoms with van der Waals surface area (Å²) >= 11 is 1.58. The smallest absolute Gasteiger partial charge is 0.297 e. The van der Waals surface area contributed by atoms with Crippen molar-refractivity contribution in [3.05, 3.63) is 85.9 Å². The van der Waals surface area contributed by atoms with Crippen molar-refractivity contribution in [3.63, 3.8) is 0 Å². The third kappa shape index (κ3) is 3.83. The molecule has 0 atom stereocenters. The molecule has 0 spiro atoms. The van der Waals surface area contributed by atoms with Crippen LogP contribution in [0.2, 0.25) is 0 Å². The molecule has 160 valence electrons. The largest absolute Gasteiger partial charge is 0.316 e. The Morgan fingerprint density at radius 1 is 1.00 bits per heavy atom. The van der Waals surface area contributed by atoms with Gasteiger partial charge < -0.3 is 4.57 Å². The molecule has 4 rings (SSSR count). The van der Waals surface area contributed by atoms with Crippen molar-refractivity contribution in [1.82, 2.24) is 13.9 Å². The van der Waals surface area contributed by atoms with E-state index in [4.69, 9.17) is 4.99 Å². The SMILES string of the molecule is CCCn1c(-c2ccc(C)c(C)c2)csc1=Nc1c(C)n(C)n(-c2ccccc2)c1=O. The summed E-state index contributed by atoms with van der Waals surface area (Å²) in [5, 5.41) is 2.15. The average Bonchev–Trinajstić information content (AvgIpc) is 3.25. The van der Waals surface area contributed by atoms with Gasteiger partial charge in [0.05, 0.1) is 17.1 Å². The average molecular weight is 433 g/mol. The van der Waals surface area contributed by atoms with Crippen molar-refractivity contribution in [2.45, 2.75) is 40.7 Å². The van der Waals surface area contributed by atoms with Crippen LogP contribution in [0.25, 0.3) is 16.9 Å². The standard InChI is InChI=1S/C25H28N4OS/c1-6-14-28-22(20-13-12-17(2)18(3)15-20)16-31-25(28)26-23-19(4)27(5)29(24(23)30)21-10-8-7-9-11-21/h7-13,15-16H,6,14H2,1-5H3. The molecule has 0 amide bonds. The maximum atomic E-state index is 13.3. The highest BCUT2D eigenvalue weighted by molar-refractivity contribution is 7.07. The molecule has 0 aliphatic rings. The highest BCUT2D eigenvalue weighted by Gasteiger charge is 2.16. The lowest BCUT2D eigenvalue weighted by atomic mass is 10.0. The maximum Gasteiger partial charge on any atom is 0.297 e. The molecule has 0 bridgehead atoms. The van der Waals surface area contributed by atoms with Gasteiger partial charge in [-0.3, -0.25) is 9.48 Å². The minimum absolute atomic E-state index is 0.102. The number of thiazole rings is 1. The number of aryl methyl sites for hydroxylation is 2. The third-order valence-electron chi connectivity index (χ3n) is 5.78. The van der Waals surface area contributed by atoms with Gasteiger partial charge in [0.15, 0.2) is 10.5 Å². The second-order valence-electron chi connectivity index (χ2n) is 7.88. The lowest BCUT2D eigenvalue weighted by Crippen LogP contribution is -2.20. The first-order valence-electron chi connectivity index (χ1n) is 10.6. The summed E-state index contributed by atoms with van der Waals surface area (Å²) in [4.78, 5) is 19.0. The Hall–Kier alpha value is -3.12. The Morgan fingerprint density at radius 2 is 1.74 bits per heavy atom. The topological polar surface area (TPSA) is 44.2 Å². The third-order valence-corrected chi connectivity index (χ3v) is 6.64. The minimum Gasteiger partial charge on any atom is -0.316 e. The van der Waals surface area contributed by atoms with E-state index in [1.54, 1.807) is 16.0 Å². The summed E-state index contributed by atoms with van der Waals surface area (Å²) in [6.45, 7) is 9.23. The van der Waals surface area contributed by atoms with Crippen LogP contribution < -0.4 is 10.4 Å². The molecular formula is C25H28N4OS. The van der Waals surface area contributed by atoms with Crippen molar-refractivity contribution >= 4 is 17.0 Å². The lowest BCUT2D eigenvalue weighted by Gasteiger charge is -2.09. The fraction of sp³-hybridized carbons (Fsp3) is 0.280. The van der Waals surface area contributed by atoms with Crippen molar-refractivity contribution in [1.29, 1.82) is 0 Å². The molecule has 0 radical (unpaired) electrons. The van der Waals surface area contributed by atoms with Gasteiger partial charge in [0.1, 0.15) is 0 Å². The van der Waals surface area contributed by atoms with Gasteiger partial charge in [0.2, 0.25) is 0 Å². The molecule has 6 heteroatoms. The van der Waals surface area contributed by atoms with Crippen LogP contribution in [0.1, 0.15) is 30.2 Å². The van der Waals surface area contributed by atoms with Gasteiger partial charge in [-0.1, -0.05) is 37.3 Å². The van der Waals surface area contributed by atoms with Crippen molar-refractivity contribution in [2.24, 2.45) is 12.0 Å². The Morgan fingerprint density at radius 3 is 2.42 bits per heavy atom. The van der Waals surface area contributed by atoms with E-state index < -0.39 is 0 Å². The molecule has 2 heterocycles. The van der Waals surface area contributed by atoms with E-state index in [9.17, 15) is 4.79 Å². The van der Waals surface area contributed by atoms with Gasteiger partial charge >= 0.3 is 0 Å². The van der Waals surface area contributed by atoms with Gasteiger partial charge in [-0.25, -0.2) is 9.67 Å². The van der Waals surface area contributed by atoms with Gasteiger partial charge in [0.25, 0.3) is 5.56 Å². The molecule has 0 fully saturated rings. The van der Waals surface area contributed by atoms with Crippen molar-refractivity contribution in [2.75, 3.05) is 0 Å². The zero-order valence-electron chi connectivity index (χ0n) is 18.7. The first-order valence-corrected chi connectivity index (χ1v) is 11.4. The lowest BCUT2D eigenvalue weighted by molar-refractivity contribution is 0.630. The molecule has 0 unspecified atom stereocenters. The van der Waals surface area contributed by atoms with Gasteiger partial charge in [-0.2, -0.15) is 0 Å². The van der Waals surface area contributed by atoms with E-state index in [1.807, 2.05) is 49.0 Å². The summed E-state index contributed by atoms with van der Waals surface area (Å²) in [7, 11) is 1.90. The van der Waals surface area contributed by atoms with Crippen LogP contribution in [-0.2, 0) is 13.6 Å². The van der Waals surface area contributed by atoms with Crippen LogP contribution in [0, 0.1) is 20.8 Å². The number of nitrogens with zero attached hydrogens (tertiary/aromatic N) is 4. The van der Waals surface area contributed by atoms with Crippen LogP contribution in [0.4, 0.5) is 5.69 Å². The summed E-state index contributed by atoms with van der Waals surface area (Å²) in [6, 6.07) is 16.2. The van der Waals surface area contributed by atoms with Gasteiger partial charge in [0, 0.05) is 19.0 Å². The summed E-state index contributed by atoms with van der Waals surface area (Å²) in [5.41, 5.74) is 6.95. The first-order chi connectivity index (χ1) is 14.9. The minimum atomic E-state index is -0.102. The second-order valence-corrected chi connectivity index (χ2v) is 8.71. The van der Waals surface area contributed by atoms with Crippen LogP contribution in [-0.4, -0.2) is 13.9 Å². The van der Waals surface area contributed by atoms with Gasteiger partial charge in [-0.15, -0.1) is 11.3 Å². The van der Waals surface area contributed by atoms with E-state index in [2.05, 4.69) is 48.9 Å². The fourth-order valence-corrected chi connectivity index (χ4v) is 4.71. The molecular weight excluding hydrogens is 404 g/mol. The monoisotopic (exact) mass is 432 g/mol. The number of hydrogen-bond acceptors (Lipinski definition) is 3. The maximum absolute atomic E-state index is 13.3. The second kappa shape index (κ2) is 8.55. The summed E-state index contributed by atoms with van der Waals surface area (Å²) in [6.07, 6.45) is 0.990. The number of aromatic nitrogens is 3. The normalized spacial score (nSPS) is 12.0. The molecule has 2 aromatic heterocycles. The zero-order chi connectivity index (χ0) is 22.1. The van der Waals surface area contributed by atoms with E-state index in [0.29, 0.717) is 5.69 Å². The first kappa shape index (κ1) is 21.1. The molecule has 0 aliphatic carbocycles. The van der Waals surface area contributed by atoms with Crippen LogP contribution in [0.3, 0.4) is 0 Å². The molecule has 5 nitrogen and oxygen atoms in total. The van der Waals surface area contributed by atoms with E-state index in [1.165, 1.54) is 16.7 Å². The fourth-order valence-electron chi connectivity index (χ4n) is 3.77. The van der Waals surface area contributed by atoms with Crippen molar-refractivity contribution in [3.8, 4) is 16.9 Å². The number of benzene rings is 2. The highest BCUT2D eigenvalue weighted by atomic mass is 32.1. The Balaban J connectivity index is 1.90. The number of rotatable bonds is 5. The van der Waals surface area contributed by atoms with E-state index >= 15 is 0 Å². The number of hydrogen-bond donors (Lipinski definition) is 0. The molecule has 0 aliphatic heterocycles. The number of para-hydroxylation sites is 1. The quantitative estimate of drug-likeness (QED) is 0.423. The van der Waals surface area contributed by atoms with Gasteiger partial charge in [-0.05, 0) is 62.1 Å². The highest BCUT2D eigenvalue weighted by Crippen LogP contribution is 2.24. The zero-order valence-corrected chi connectivity index (χ0v) is 19.5. The summed E-state index contributed by atoms with van der Waals surface area (Å²) in [5.74, 6) is 0.